The third kappa shape index (κ3) is 6.39. The molecule has 0 spiro atoms. The Morgan fingerprint density at radius 2 is 1.68 bits per heavy atom. The maximum Gasteiger partial charge on any atom is 0.414 e. The zero-order chi connectivity index (χ0) is 18.8. The lowest BCUT2D eigenvalue weighted by atomic mass is 9.93. The van der Waals surface area contributed by atoms with Crippen LogP contribution >= 0.6 is 0 Å². The van der Waals surface area contributed by atoms with E-state index in [4.69, 9.17) is 24.5 Å². The van der Waals surface area contributed by atoms with Crippen molar-refractivity contribution in [2.45, 2.75) is 20.3 Å². The van der Waals surface area contributed by atoms with Gasteiger partial charge in [-0.05, 0) is 31.0 Å². The van der Waals surface area contributed by atoms with E-state index in [1.54, 1.807) is 0 Å². The second kappa shape index (κ2) is 10.2. The molecule has 1 aliphatic rings. The Balaban J connectivity index is 0.000000450. The predicted octanol–water partition coefficient (Wildman–Crippen LogP) is 1.88. The number of esters is 1. The van der Waals surface area contributed by atoms with Crippen LogP contribution in [0.15, 0.2) is 35.9 Å². The lowest BCUT2D eigenvalue weighted by Gasteiger charge is -2.29. The number of rotatable bonds is 4. The molecule has 1 aromatic rings. The van der Waals surface area contributed by atoms with Crippen molar-refractivity contribution in [1.82, 2.24) is 4.90 Å². The quantitative estimate of drug-likeness (QED) is 0.632. The maximum atomic E-state index is 12.1. The van der Waals surface area contributed by atoms with Crippen molar-refractivity contribution in [2.24, 2.45) is 0 Å². The van der Waals surface area contributed by atoms with Crippen LogP contribution in [0, 0.1) is 0 Å². The minimum Gasteiger partial charge on any atom is -0.473 e. The number of aliphatic carboxylic acids is 2. The molecule has 0 atom stereocenters. The first-order chi connectivity index (χ1) is 11.9. The number of ether oxygens (including phenoxy) is 1. The molecular formula is C18H23NO6. The molecule has 0 radical (unpaired) electrons. The van der Waals surface area contributed by atoms with Crippen molar-refractivity contribution >= 4 is 23.5 Å². The van der Waals surface area contributed by atoms with Crippen molar-refractivity contribution in [1.29, 1.82) is 0 Å². The number of carbonyl (C=O) groups excluding carboxylic acids is 1. The molecule has 1 aromatic carbocycles. The van der Waals surface area contributed by atoms with Crippen LogP contribution in [-0.2, 0) is 19.1 Å². The van der Waals surface area contributed by atoms with Crippen molar-refractivity contribution < 1.29 is 29.3 Å². The SMILES string of the molecule is CCOC(=O)C1=C(c2ccccc2)CCN(CC)C1.O=C(O)C(=O)O. The summed E-state index contributed by atoms with van der Waals surface area (Å²) in [5.41, 5.74) is 3.10. The van der Waals surface area contributed by atoms with E-state index in [-0.39, 0.29) is 5.97 Å². The van der Waals surface area contributed by atoms with Crippen molar-refractivity contribution in [3.05, 3.63) is 41.5 Å². The monoisotopic (exact) mass is 349 g/mol. The van der Waals surface area contributed by atoms with Crippen molar-refractivity contribution in [3.63, 3.8) is 0 Å². The number of carbonyl (C=O) groups is 3. The van der Waals surface area contributed by atoms with Gasteiger partial charge in [0.25, 0.3) is 0 Å². The smallest absolute Gasteiger partial charge is 0.414 e. The normalized spacial score (nSPS) is 14.3. The van der Waals surface area contributed by atoms with Gasteiger partial charge in [-0.3, -0.25) is 4.90 Å². The number of benzene rings is 1. The molecule has 1 aliphatic heterocycles. The summed E-state index contributed by atoms with van der Waals surface area (Å²) in [6.07, 6.45) is 0.909. The van der Waals surface area contributed by atoms with Crippen molar-refractivity contribution in [2.75, 3.05) is 26.2 Å². The summed E-state index contributed by atoms with van der Waals surface area (Å²) < 4.78 is 5.20. The van der Waals surface area contributed by atoms with E-state index in [1.165, 1.54) is 0 Å². The highest BCUT2D eigenvalue weighted by atomic mass is 16.5. The molecule has 25 heavy (non-hydrogen) atoms. The van der Waals surface area contributed by atoms with Gasteiger partial charge in [0, 0.05) is 13.1 Å². The molecule has 0 amide bonds. The van der Waals surface area contributed by atoms with Gasteiger partial charge in [-0.15, -0.1) is 0 Å². The van der Waals surface area contributed by atoms with Crippen LogP contribution in [0.5, 0.6) is 0 Å². The Morgan fingerprint density at radius 1 is 1.08 bits per heavy atom. The highest BCUT2D eigenvalue weighted by Crippen LogP contribution is 2.28. The number of carboxylic acids is 2. The summed E-state index contributed by atoms with van der Waals surface area (Å²) in [5, 5.41) is 14.8. The van der Waals surface area contributed by atoms with Crippen LogP contribution in [0.1, 0.15) is 25.8 Å². The van der Waals surface area contributed by atoms with Crippen LogP contribution in [0.4, 0.5) is 0 Å². The summed E-state index contributed by atoms with van der Waals surface area (Å²) in [6, 6.07) is 10.1. The number of hydrogen-bond donors (Lipinski definition) is 2. The van der Waals surface area contributed by atoms with Gasteiger partial charge in [0.05, 0.1) is 12.2 Å². The highest BCUT2D eigenvalue weighted by Gasteiger charge is 2.24. The summed E-state index contributed by atoms with van der Waals surface area (Å²) in [4.78, 5) is 32.6. The van der Waals surface area contributed by atoms with E-state index in [0.717, 1.165) is 36.2 Å². The van der Waals surface area contributed by atoms with Gasteiger partial charge in [-0.1, -0.05) is 37.3 Å². The molecule has 0 aromatic heterocycles. The molecule has 1 heterocycles. The Bertz CT molecular complexity index is 626. The van der Waals surface area contributed by atoms with Crippen LogP contribution in [0.2, 0.25) is 0 Å². The fraction of sp³-hybridized carbons (Fsp3) is 0.389. The molecule has 2 N–H and O–H groups in total. The van der Waals surface area contributed by atoms with Gasteiger partial charge < -0.3 is 14.9 Å². The van der Waals surface area contributed by atoms with Gasteiger partial charge in [0.15, 0.2) is 0 Å². The minimum absolute atomic E-state index is 0.167. The summed E-state index contributed by atoms with van der Waals surface area (Å²) in [7, 11) is 0. The molecule has 7 nitrogen and oxygen atoms in total. The molecular weight excluding hydrogens is 326 g/mol. The van der Waals surface area contributed by atoms with Gasteiger partial charge in [-0.2, -0.15) is 0 Å². The first-order valence-corrected chi connectivity index (χ1v) is 8.03. The Morgan fingerprint density at radius 3 is 2.16 bits per heavy atom. The number of nitrogens with zero attached hydrogens (tertiary/aromatic N) is 1. The number of carboxylic acid groups (broad SMARTS) is 2. The molecule has 0 bridgehead atoms. The molecule has 136 valence electrons. The Kier molecular flexibility index (Phi) is 8.35. The summed E-state index contributed by atoms with van der Waals surface area (Å²) in [5.74, 6) is -3.82. The van der Waals surface area contributed by atoms with Crippen LogP contribution < -0.4 is 0 Å². The number of likely N-dealkylation sites (N-methyl/N-ethyl adjacent to an activating group) is 1. The second-order valence-electron chi connectivity index (χ2n) is 5.27. The standard InChI is InChI=1S/C16H21NO2.C2H2O4/c1-3-17-11-10-14(13-8-6-5-7-9-13)15(12-17)16(18)19-4-2;3-1(4)2(5)6/h5-9H,3-4,10-12H2,1-2H3;(H,3,4)(H,5,6). The lowest BCUT2D eigenvalue weighted by Crippen LogP contribution is -2.34. The van der Waals surface area contributed by atoms with Gasteiger partial charge in [0.1, 0.15) is 0 Å². The number of hydrogen-bond acceptors (Lipinski definition) is 5. The Hall–Kier alpha value is -2.67. The highest BCUT2D eigenvalue weighted by molar-refractivity contribution is 6.27. The van der Waals surface area contributed by atoms with Crippen LogP contribution in [0.25, 0.3) is 5.57 Å². The first kappa shape index (κ1) is 20.4. The molecule has 0 unspecified atom stereocenters. The molecule has 0 saturated carbocycles. The topological polar surface area (TPSA) is 104 Å². The largest absolute Gasteiger partial charge is 0.473 e. The van der Waals surface area contributed by atoms with Crippen LogP contribution in [0.3, 0.4) is 0 Å². The third-order valence-corrected chi connectivity index (χ3v) is 3.70. The third-order valence-electron chi connectivity index (χ3n) is 3.70. The zero-order valence-electron chi connectivity index (χ0n) is 14.4. The average Bonchev–Trinajstić information content (AvgIpc) is 2.62. The fourth-order valence-corrected chi connectivity index (χ4v) is 2.45. The summed E-state index contributed by atoms with van der Waals surface area (Å²) >= 11 is 0. The van der Waals surface area contributed by atoms with E-state index >= 15 is 0 Å². The van der Waals surface area contributed by atoms with Gasteiger partial charge in [0.2, 0.25) is 0 Å². The van der Waals surface area contributed by atoms with E-state index in [2.05, 4.69) is 24.0 Å². The summed E-state index contributed by atoms with van der Waals surface area (Å²) in [6.45, 7) is 7.06. The minimum atomic E-state index is -1.82. The van der Waals surface area contributed by atoms with Crippen molar-refractivity contribution in [3.8, 4) is 0 Å². The first-order valence-electron chi connectivity index (χ1n) is 8.03. The van der Waals surface area contributed by atoms with E-state index in [0.29, 0.717) is 13.2 Å². The molecule has 0 saturated heterocycles. The molecule has 0 fully saturated rings. The molecule has 0 aliphatic carbocycles. The Labute approximate surface area is 146 Å². The fourth-order valence-electron chi connectivity index (χ4n) is 2.45. The van der Waals surface area contributed by atoms with Crippen LogP contribution in [-0.4, -0.2) is 59.3 Å². The maximum absolute atomic E-state index is 12.1. The van der Waals surface area contributed by atoms with Gasteiger partial charge in [-0.25, -0.2) is 14.4 Å². The second-order valence-corrected chi connectivity index (χ2v) is 5.27. The zero-order valence-corrected chi connectivity index (χ0v) is 14.4. The van der Waals surface area contributed by atoms with E-state index in [9.17, 15) is 4.79 Å². The van der Waals surface area contributed by atoms with E-state index < -0.39 is 11.9 Å². The van der Waals surface area contributed by atoms with E-state index in [1.807, 2.05) is 25.1 Å². The average molecular weight is 349 g/mol. The predicted molar refractivity (Wildman–Crippen MR) is 92.0 cm³/mol. The molecule has 2 rings (SSSR count). The lowest BCUT2D eigenvalue weighted by molar-refractivity contribution is -0.159. The van der Waals surface area contributed by atoms with Gasteiger partial charge >= 0.3 is 17.9 Å². The molecule has 7 heteroatoms.